The molecule has 0 spiro atoms. The van der Waals surface area contributed by atoms with E-state index in [-0.39, 0.29) is 23.4 Å². The van der Waals surface area contributed by atoms with E-state index in [1.54, 1.807) is 13.8 Å². The second kappa shape index (κ2) is 7.04. The van der Waals surface area contributed by atoms with Gasteiger partial charge in [-0.05, 0) is 38.1 Å². The lowest BCUT2D eigenvalue weighted by Crippen LogP contribution is -2.30. The molecule has 2 N–H and O–H groups in total. The van der Waals surface area contributed by atoms with Gasteiger partial charge in [-0.1, -0.05) is 11.6 Å². The third-order valence-corrected chi connectivity index (χ3v) is 3.17. The van der Waals surface area contributed by atoms with E-state index in [1.165, 1.54) is 18.3 Å². The van der Waals surface area contributed by atoms with Crippen molar-refractivity contribution in [2.45, 2.75) is 26.1 Å². The number of aromatic nitrogens is 2. The lowest BCUT2D eigenvalue weighted by atomic mass is 10.2. The van der Waals surface area contributed by atoms with Crippen LogP contribution in [0.25, 0.3) is 0 Å². The van der Waals surface area contributed by atoms with Gasteiger partial charge in [0.15, 0.2) is 0 Å². The minimum atomic E-state index is -4.57. The van der Waals surface area contributed by atoms with Crippen molar-refractivity contribution >= 4 is 29.1 Å². The van der Waals surface area contributed by atoms with Crippen molar-refractivity contribution in [3.8, 4) is 0 Å². The maximum atomic E-state index is 12.9. The van der Waals surface area contributed by atoms with Crippen molar-refractivity contribution in [2.24, 2.45) is 0 Å². The van der Waals surface area contributed by atoms with Gasteiger partial charge in [0.05, 0.1) is 10.6 Å². The molecule has 0 radical (unpaired) electrons. The van der Waals surface area contributed by atoms with Crippen LogP contribution in [0.5, 0.6) is 0 Å². The molecule has 0 aliphatic carbocycles. The topological polar surface area (TPSA) is 66.9 Å². The predicted molar refractivity (Wildman–Crippen MR) is 84.4 cm³/mol. The number of halogens is 4. The molecule has 2 aromatic rings. The summed E-state index contributed by atoms with van der Waals surface area (Å²) in [6.45, 7) is 3.59. The number of rotatable bonds is 4. The molecule has 1 aromatic heterocycles. The number of alkyl halides is 3. The van der Waals surface area contributed by atoms with Gasteiger partial charge >= 0.3 is 6.18 Å². The summed E-state index contributed by atoms with van der Waals surface area (Å²) in [4.78, 5) is 19.8. The van der Waals surface area contributed by atoms with Crippen molar-refractivity contribution in [3.63, 3.8) is 0 Å². The highest BCUT2D eigenvalue weighted by Crippen LogP contribution is 2.36. The van der Waals surface area contributed by atoms with Crippen molar-refractivity contribution in [2.75, 3.05) is 5.32 Å². The molecule has 0 saturated heterocycles. The Morgan fingerprint density at radius 3 is 2.58 bits per heavy atom. The fraction of sp³-hybridized carbons (Fsp3) is 0.267. The van der Waals surface area contributed by atoms with Gasteiger partial charge < -0.3 is 10.6 Å². The van der Waals surface area contributed by atoms with Crippen LogP contribution in [0, 0.1) is 0 Å². The molecule has 0 bridgehead atoms. The van der Waals surface area contributed by atoms with Crippen LogP contribution in [-0.2, 0) is 6.18 Å². The fourth-order valence-corrected chi connectivity index (χ4v) is 2.06. The summed E-state index contributed by atoms with van der Waals surface area (Å²) in [5.74, 6) is -0.399. The van der Waals surface area contributed by atoms with E-state index >= 15 is 0 Å². The first-order valence-corrected chi connectivity index (χ1v) is 7.32. The zero-order valence-corrected chi connectivity index (χ0v) is 13.5. The number of anilines is 2. The van der Waals surface area contributed by atoms with Crippen LogP contribution >= 0.6 is 11.6 Å². The first kappa shape index (κ1) is 18.0. The van der Waals surface area contributed by atoms with Gasteiger partial charge in [0.1, 0.15) is 5.69 Å². The van der Waals surface area contributed by atoms with E-state index < -0.39 is 22.7 Å². The average Bonchev–Trinajstić information content (AvgIpc) is 2.48. The molecule has 5 nitrogen and oxygen atoms in total. The summed E-state index contributed by atoms with van der Waals surface area (Å²) in [7, 11) is 0. The third-order valence-electron chi connectivity index (χ3n) is 2.84. The van der Waals surface area contributed by atoms with Crippen LogP contribution in [0.15, 0.2) is 30.5 Å². The molecule has 1 aromatic carbocycles. The van der Waals surface area contributed by atoms with E-state index in [9.17, 15) is 18.0 Å². The van der Waals surface area contributed by atoms with Gasteiger partial charge in [-0.3, -0.25) is 4.79 Å². The van der Waals surface area contributed by atoms with Crippen molar-refractivity contribution in [3.05, 3.63) is 46.7 Å². The number of carbonyl (C=O) groups excluding carboxylic acids is 1. The molecule has 0 aliphatic heterocycles. The summed E-state index contributed by atoms with van der Waals surface area (Å²) in [5.41, 5.74) is -0.762. The van der Waals surface area contributed by atoms with E-state index in [0.29, 0.717) is 0 Å². The van der Waals surface area contributed by atoms with Gasteiger partial charge in [0, 0.05) is 17.9 Å². The fourth-order valence-electron chi connectivity index (χ4n) is 1.83. The summed E-state index contributed by atoms with van der Waals surface area (Å²) in [6, 6.07) is 4.68. The highest BCUT2D eigenvalue weighted by Gasteiger charge is 2.33. The highest BCUT2D eigenvalue weighted by atomic mass is 35.5. The van der Waals surface area contributed by atoms with Crippen molar-refractivity contribution < 1.29 is 18.0 Å². The van der Waals surface area contributed by atoms with E-state index in [1.807, 2.05) is 0 Å². The number of hydrogen-bond acceptors (Lipinski definition) is 4. The first-order chi connectivity index (χ1) is 11.2. The van der Waals surface area contributed by atoms with E-state index in [2.05, 4.69) is 20.6 Å². The number of amides is 1. The molecule has 9 heteroatoms. The smallest absolute Gasteiger partial charge is 0.349 e. The number of nitrogens with one attached hydrogen (secondary N) is 2. The quantitative estimate of drug-likeness (QED) is 0.866. The number of carbonyl (C=O) groups is 1. The molecule has 24 heavy (non-hydrogen) atoms. The van der Waals surface area contributed by atoms with Crippen LogP contribution in [0.3, 0.4) is 0 Å². The van der Waals surface area contributed by atoms with Gasteiger partial charge in [0.2, 0.25) is 5.95 Å². The third kappa shape index (κ3) is 4.58. The molecule has 2 rings (SSSR count). The first-order valence-electron chi connectivity index (χ1n) is 6.94. The summed E-state index contributed by atoms with van der Waals surface area (Å²) in [5, 5.41) is 4.89. The Bertz CT molecular complexity index is 750. The number of nitrogens with zero attached hydrogens (tertiary/aromatic N) is 2. The van der Waals surface area contributed by atoms with Crippen molar-refractivity contribution in [1.82, 2.24) is 15.3 Å². The van der Waals surface area contributed by atoms with Crippen LogP contribution in [0.1, 0.15) is 29.9 Å². The van der Waals surface area contributed by atoms with Gasteiger partial charge in [0.25, 0.3) is 5.91 Å². The Hall–Kier alpha value is -2.35. The van der Waals surface area contributed by atoms with Crippen molar-refractivity contribution in [1.29, 1.82) is 0 Å². The van der Waals surface area contributed by atoms with Gasteiger partial charge in [-0.15, -0.1) is 0 Å². The molecule has 0 fully saturated rings. The zero-order valence-electron chi connectivity index (χ0n) is 12.8. The molecule has 0 unspecified atom stereocenters. The Morgan fingerprint density at radius 2 is 1.96 bits per heavy atom. The Kier molecular flexibility index (Phi) is 5.28. The summed E-state index contributed by atoms with van der Waals surface area (Å²) in [6.07, 6.45) is -3.24. The molecule has 0 aliphatic rings. The molecule has 0 atom stereocenters. The summed E-state index contributed by atoms with van der Waals surface area (Å²) < 4.78 is 38.6. The number of hydrogen-bond donors (Lipinski definition) is 2. The minimum absolute atomic E-state index is 0.00172. The largest absolute Gasteiger partial charge is 0.417 e. The second-order valence-electron chi connectivity index (χ2n) is 5.21. The zero-order chi connectivity index (χ0) is 17.9. The average molecular weight is 359 g/mol. The molecule has 128 valence electrons. The Labute approximate surface area is 141 Å². The standard InChI is InChI=1S/C15H14ClF3N4O/c1-8(2)21-13(24)12-5-6-20-14(23-12)22-9-3-4-11(16)10(7-9)15(17,18)19/h3-8H,1-2H3,(H,21,24)(H,20,22,23). The SMILES string of the molecule is CC(C)NC(=O)c1ccnc(Nc2ccc(Cl)c(C(F)(F)F)c2)n1. The molecular weight excluding hydrogens is 345 g/mol. The van der Waals surface area contributed by atoms with Crippen LogP contribution in [0.2, 0.25) is 5.02 Å². The molecule has 1 amide bonds. The van der Waals surface area contributed by atoms with Crippen LogP contribution < -0.4 is 10.6 Å². The highest BCUT2D eigenvalue weighted by molar-refractivity contribution is 6.31. The second-order valence-corrected chi connectivity index (χ2v) is 5.62. The maximum absolute atomic E-state index is 12.9. The number of benzene rings is 1. The Morgan fingerprint density at radius 1 is 1.25 bits per heavy atom. The lowest BCUT2D eigenvalue weighted by molar-refractivity contribution is -0.137. The van der Waals surface area contributed by atoms with E-state index in [0.717, 1.165) is 12.1 Å². The monoisotopic (exact) mass is 358 g/mol. The maximum Gasteiger partial charge on any atom is 0.417 e. The minimum Gasteiger partial charge on any atom is -0.349 e. The summed E-state index contributed by atoms with van der Waals surface area (Å²) >= 11 is 5.57. The molecule has 0 saturated carbocycles. The van der Waals surface area contributed by atoms with Gasteiger partial charge in [-0.2, -0.15) is 13.2 Å². The molecule has 1 heterocycles. The molecular formula is C15H14ClF3N4O. The lowest BCUT2D eigenvalue weighted by Gasteiger charge is -2.12. The normalized spacial score (nSPS) is 11.5. The van der Waals surface area contributed by atoms with Gasteiger partial charge in [-0.25, -0.2) is 9.97 Å². The van der Waals surface area contributed by atoms with E-state index in [4.69, 9.17) is 11.6 Å². The van der Waals surface area contributed by atoms with Crippen LogP contribution in [0.4, 0.5) is 24.8 Å². The Balaban J connectivity index is 2.24. The van der Waals surface area contributed by atoms with Crippen LogP contribution in [-0.4, -0.2) is 21.9 Å². The predicted octanol–water partition coefficient (Wildman–Crippen LogP) is 4.03.